The molecule has 1 atom stereocenters. The van der Waals surface area contributed by atoms with Crippen LogP contribution in [0.4, 0.5) is 0 Å². The molecule has 0 aromatic heterocycles. The van der Waals surface area contributed by atoms with Gasteiger partial charge in [-0.2, -0.15) is 0 Å². The summed E-state index contributed by atoms with van der Waals surface area (Å²) in [6.45, 7) is 2.26. The number of aliphatic hydroxyl groups is 2. The molecule has 0 aromatic carbocycles. The Morgan fingerprint density at radius 1 is 1.36 bits per heavy atom. The van der Waals surface area contributed by atoms with Gasteiger partial charge in [-0.3, -0.25) is 0 Å². The summed E-state index contributed by atoms with van der Waals surface area (Å²) in [4.78, 5) is 0. The standard InChI is InChI=1S/C8H16GeO2/c1-7-3-2-5-8(10,11)9-6-4-7/h7,10-11H,2-6H2,1H3. The molecule has 0 amide bonds. The topological polar surface area (TPSA) is 40.5 Å². The van der Waals surface area contributed by atoms with Crippen LogP contribution in [0.3, 0.4) is 0 Å². The number of rotatable bonds is 0. The second-order valence-corrected chi connectivity index (χ2v) is 7.00. The van der Waals surface area contributed by atoms with Crippen LogP contribution in [-0.2, 0) is 0 Å². The summed E-state index contributed by atoms with van der Waals surface area (Å²) in [6, 6.07) is 0. The van der Waals surface area contributed by atoms with Gasteiger partial charge in [0.05, 0.1) is 0 Å². The third-order valence-corrected chi connectivity index (χ3v) is 5.11. The van der Waals surface area contributed by atoms with E-state index in [2.05, 4.69) is 6.92 Å². The van der Waals surface area contributed by atoms with Crippen molar-refractivity contribution in [2.75, 3.05) is 0 Å². The van der Waals surface area contributed by atoms with Crippen molar-refractivity contribution >= 4 is 15.4 Å². The first kappa shape index (κ1) is 9.55. The normalized spacial score (nSPS) is 32.5. The Labute approximate surface area is 74.5 Å². The van der Waals surface area contributed by atoms with Crippen LogP contribution >= 0.6 is 0 Å². The van der Waals surface area contributed by atoms with E-state index in [1.807, 2.05) is 0 Å². The fourth-order valence-corrected chi connectivity index (χ4v) is 4.37. The molecule has 2 N–H and O–H groups in total. The maximum atomic E-state index is 9.38. The Bertz CT molecular complexity index is 113. The molecule has 1 aliphatic heterocycles. The SMILES string of the molecule is CC1CCC[C](O)(O)[Ge][CH2]C1. The van der Waals surface area contributed by atoms with Crippen LogP contribution in [0, 0.1) is 5.92 Å². The Balaban J connectivity index is 2.35. The van der Waals surface area contributed by atoms with Crippen LogP contribution in [0.2, 0.25) is 5.25 Å². The molecule has 0 bridgehead atoms. The summed E-state index contributed by atoms with van der Waals surface area (Å²) >= 11 is -0.522. The van der Waals surface area contributed by atoms with Crippen molar-refractivity contribution in [3.63, 3.8) is 0 Å². The molecular formula is C8H16GeO2. The summed E-state index contributed by atoms with van der Waals surface area (Å²) in [6.07, 6.45) is 3.95. The zero-order chi connectivity index (χ0) is 8.32. The van der Waals surface area contributed by atoms with Gasteiger partial charge >= 0.3 is 74.0 Å². The van der Waals surface area contributed by atoms with Gasteiger partial charge in [0.1, 0.15) is 0 Å². The van der Waals surface area contributed by atoms with Gasteiger partial charge in [0.25, 0.3) is 0 Å². The van der Waals surface area contributed by atoms with Gasteiger partial charge in [-0.1, -0.05) is 0 Å². The van der Waals surface area contributed by atoms with Gasteiger partial charge in [0.15, 0.2) is 0 Å². The molecule has 0 spiro atoms. The van der Waals surface area contributed by atoms with Crippen molar-refractivity contribution in [2.45, 2.75) is 42.5 Å². The van der Waals surface area contributed by atoms with Gasteiger partial charge in [0, 0.05) is 0 Å². The van der Waals surface area contributed by atoms with E-state index in [0.29, 0.717) is 6.42 Å². The molecule has 0 aliphatic carbocycles. The molecule has 0 aromatic rings. The van der Waals surface area contributed by atoms with E-state index in [4.69, 9.17) is 0 Å². The molecule has 2 radical (unpaired) electrons. The monoisotopic (exact) mass is 218 g/mol. The van der Waals surface area contributed by atoms with Crippen molar-refractivity contribution in [3.05, 3.63) is 0 Å². The van der Waals surface area contributed by atoms with Crippen molar-refractivity contribution in [3.8, 4) is 0 Å². The summed E-state index contributed by atoms with van der Waals surface area (Å²) in [5.74, 6) is 0.801. The van der Waals surface area contributed by atoms with E-state index in [1.165, 1.54) is 6.42 Å². The molecule has 2 nitrogen and oxygen atoms in total. The second-order valence-electron chi connectivity index (χ2n) is 3.53. The fourth-order valence-electron chi connectivity index (χ4n) is 1.45. The van der Waals surface area contributed by atoms with Crippen molar-refractivity contribution < 1.29 is 10.2 Å². The Morgan fingerprint density at radius 3 is 2.82 bits per heavy atom. The number of hydrogen-bond acceptors (Lipinski definition) is 2. The fraction of sp³-hybridized carbons (Fsp3) is 1.00. The molecule has 1 heterocycles. The summed E-state index contributed by atoms with van der Waals surface area (Å²) < 4.78 is -1.24. The Kier molecular flexibility index (Phi) is 3.40. The van der Waals surface area contributed by atoms with E-state index in [-0.39, 0.29) is 0 Å². The predicted octanol–water partition coefficient (Wildman–Crippen LogP) is 0.957. The second kappa shape index (κ2) is 3.92. The third-order valence-electron chi connectivity index (χ3n) is 2.27. The van der Waals surface area contributed by atoms with Crippen molar-refractivity contribution in [2.24, 2.45) is 5.92 Å². The Hall–Kier alpha value is 0.463. The molecule has 1 rings (SSSR count). The molecule has 3 heteroatoms. The Morgan fingerprint density at radius 2 is 2.09 bits per heavy atom. The van der Waals surface area contributed by atoms with Crippen LogP contribution in [0.25, 0.3) is 0 Å². The molecule has 11 heavy (non-hydrogen) atoms. The maximum absolute atomic E-state index is 9.38. The van der Waals surface area contributed by atoms with Crippen LogP contribution < -0.4 is 0 Å². The quantitative estimate of drug-likeness (QED) is 0.468. The van der Waals surface area contributed by atoms with E-state index in [9.17, 15) is 10.2 Å². The van der Waals surface area contributed by atoms with Gasteiger partial charge in [0.2, 0.25) is 0 Å². The van der Waals surface area contributed by atoms with E-state index >= 15 is 0 Å². The molecule has 1 unspecified atom stereocenters. The average Bonchev–Trinajstić information content (AvgIpc) is 1.83. The first-order valence-electron chi connectivity index (χ1n) is 4.30. The first-order chi connectivity index (χ1) is 5.10. The minimum atomic E-state index is -1.24. The van der Waals surface area contributed by atoms with Gasteiger partial charge in [-0.05, 0) is 0 Å². The molecule has 64 valence electrons. The molecule has 0 saturated carbocycles. The molecule has 1 saturated heterocycles. The summed E-state index contributed by atoms with van der Waals surface area (Å²) in [5.41, 5.74) is 0. The van der Waals surface area contributed by atoms with Crippen molar-refractivity contribution in [1.82, 2.24) is 0 Å². The van der Waals surface area contributed by atoms with Crippen LogP contribution in [-0.4, -0.2) is 30.3 Å². The molecule has 1 fully saturated rings. The zero-order valence-electron chi connectivity index (χ0n) is 7.01. The van der Waals surface area contributed by atoms with Gasteiger partial charge in [-0.15, -0.1) is 0 Å². The molecule has 1 aliphatic rings. The van der Waals surface area contributed by atoms with Gasteiger partial charge < -0.3 is 0 Å². The van der Waals surface area contributed by atoms with Crippen LogP contribution in [0.5, 0.6) is 0 Å². The minimum absolute atomic E-state index is 0.522. The first-order valence-corrected chi connectivity index (χ1v) is 6.83. The predicted molar refractivity (Wildman–Crippen MR) is 45.4 cm³/mol. The third kappa shape index (κ3) is 3.58. The van der Waals surface area contributed by atoms with Crippen LogP contribution in [0.15, 0.2) is 0 Å². The zero-order valence-corrected chi connectivity index (χ0v) is 9.11. The summed E-state index contributed by atoms with van der Waals surface area (Å²) in [7, 11) is 0. The van der Waals surface area contributed by atoms with Gasteiger partial charge in [-0.25, -0.2) is 0 Å². The number of hydrogen-bond donors (Lipinski definition) is 2. The average molecular weight is 217 g/mol. The molecular weight excluding hydrogens is 201 g/mol. The van der Waals surface area contributed by atoms with E-state index < -0.39 is 20.1 Å². The van der Waals surface area contributed by atoms with Crippen LogP contribution in [0.1, 0.15) is 32.6 Å². The van der Waals surface area contributed by atoms with E-state index in [0.717, 1.165) is 24.0 Å². The van der Waals surface area contributed by atoms with E-state index in [1.54, 1.807) is 0 Å². The summed E-state index contributed by atoms with van der Waals surface area (Å²) in [5, 5.41) is 19.8. The van der Waals surface area contributed by atoms with Crippen molar-refractivity contribution in [1.29, 1.82) is 0 Å².